The summed E-state index contributed by atoms with van der Waals surface area (Å²) in [5, 5.41) is 15.7. The van der Waals surface area contributed by atoms with E-state index in [1.807, 2.05) is 37.9 Å². The SMILES string of the molecule is CCCCCCCCC#Cc1cc2c(cc1NC(C)=O)C[C@@H](CO)NC(=O)[C@H](C(C)C)N2C. The first-order valence-electron chi connectivity index (χ1n) is 12.4. The number of unbranched alkanes of at least 4 members (excludes halogenated alkanes) is 6. The molecule has 0 saturated heterocycles. The summed E-state index contributed by atoms with van der Waals surface area (Å²) < 4.78 is 0. The van der Waals surface area contributed by atoms with Crippen LogP contribution < -0.4 is 15.5 Å². The Labute approximate surface area is 199 Å². The van der Waals surface area contributed by atoms with Crippen LogP contribution >= 0.6 is 0 Å². The lowest BCUT2D eigenvalue weighted by molar-refractivity contribution is -0.124. The van der Waals surface area contributed by atoms with Gasteiger partial charge in [0.1, 0.15) is 6.04 Å². The molecule has 0 aromatic heterocycles. The maximum atomic E-state index is 12.9. The number of carbonyl (C=O) groups is 2. The van der Waals surface area contributed by atoms with E-state index in [2.05, 4.69) is 29.4 Å². The van der Waals surface area contributed by atoms with Crippen molar-refractivity contribution < 1.29 is 14.7 Å². The van der Waals surface area contributed by atoms with Crippen LogP contribution in [0.15, 0.2) is 12.1 Å². The molecule has 0 bridgehead atoms. The zero-order valence-corrected chi connectivity index (χ0v) is 21.0. The van der Waals surface area contributed by atoms with Crippen LogP contribution in [0, 0.1) is 17.8 Å². The molecule has 1 heterocycles. The minimum Gasteiger partial charge on any atom is -0.394 e. The van der Waals surface area contributed by atoms with Crippen LogP contribution in [0.3, 0.4) is 0 Å². The number of hydrogen-bond acceptors (Lipinski definition) is 4. The van der Waals surface area contributed by atoms with E-state index in [-0.39, 0.29) is 36.4 Å². The monoisotopic (exact) mass is 455 g/mol. The first-order chi connectivity index (χ1) is 15.8. The van der Waals surface area contributed by atoms with Crippen molar-refractivity contribution in [1.29, 1.82) is 0 Å². The fraction of sp³-hybridized carbons (Fsp3) is 0.630. The van der Waals surface area contributed by atoms with Gasteiger partial charge in [0.15, 0.2) is 0 Å². The van der Waals surface area contributed by atoms with Crippen LogP contribution in [-0.2, 0) is 16.0 Å². The Bertz CT molecular complexity index is 869. The molecule has 0 aliphatic carbocycles. The number of likely N-dealkylation sites (N-methyl/N-ethyl adjacent to an activating group) is 1. The van der Waals surface area contributed by atoms with E-state index >= 15 is 0 Å². The molecule has 6 nitrogen and oxygen atoms in total. The third-order valence-corrected chi connectivity index (χ3v) is 6.14. The third-order valence-electron chi connectivity index (χ3n) is 6.14. The Hall–Kier alpha value is -2.52. The van der Waals surface area contributed by atoms with Crippen LogP contribution in [0.2, 0.25) is 0 Å². The van der Waals surface area contributed by atoms with Crippen molar-refractivity contribution >= 4 is 23.2 Å². The molecular weight excluding hydrogens is 414 g/mol. The van der Waals surface area contributed by atoms with Crippen molar-refractivity contribution in [3.05, 3.63) is 23.3 Å². The molecule has 0 radical (unpaired) electrons. The van der Waals surface area contributed by atoms with Gasteiger partial charge in [-0.3, -0.25) is 9.59 Å². The highest BCUT2D eigenvalue weighted by atomic mass is 16.3. The minimum absolute atomic E-state index is 0.0811. The number of nitrogens with one attached hydrogen (secondary N) is 2. The largest absolute Gasteiger partial charge is 0.394 e. The fourth-order valence-corrected chi connectivity index (χ4v) is 4.46. The smallest absolute Gasteiger partial charge is 0.243 e. The summed E-state index contributed by atoms with van der Waals surface area (Å²) in [7, 11) is 1.92. The number of amides is 2. The topological polar surface area (TPSA) is 81.7 Å². The van der Waals surface area contributed by atoms with E-state index in [0.717, 1.165) is 29.7 Å². The van der Waals surface area contributed by atoms with Crippen LogP contribution in [-0.4, -0.2) is 42.7 Å². The molecule has 1 aromatic carbocycles. The number of fused-ring (bicyclic) bond motifs is 1. The summed E-state index contributed by atoms with van der Waals surface area (Å²) in [6.45, 7) is 7.60. The lowest BCUT2D eigenvalue weighted by Gasteiger charge is -2.37. The molecule has 6 heteroatoms. The van der Waals surface area contributed by atoms with Crippen LogP contribution in [0.1, 0.15) is 83.8 Å². The molecule has 0 saturated carbocycles. The predicted octanol–water partition coefficient (Wildman–Crippen LogP) is 4.24. The lowest BCUT2D eigenvalue weighted by Crippen LogP contribution is -2.54. The van der Waals surface area contributed by atoms with Gasteiger partial charge in [0.2, 0.25) is 11.8 Å². The number of rotatable bonds is 9. The van der Waals surface area contributed by atoms with Crippen molar-refractivity contribution in [3.63, 3.8) is 0 Å². The van der Waals surface area contributed by atoms with E-state index in [4.69, 9.17) is 0 Å². The maximum Gasteiger partial charge on any atom is 0.243 e. The summed E-state index contributed by atoms with van der Waals surface area (Å²) in [4.78, 5) is 26.7. The highest BCUT2D eigenvalue weighted by Gasteiger charge is 2.32. The summed E-state index contributed by atoms with van der Waals surface area (Å²) >= 11 is 0. The van der Waals surface area contributed by atoms with Gasteiger partial charge in [-0.1, -0.05) is 64.7 Å². The third kappa shape index (κ3) is 7.78. The number of aliphatic hydroxyl groups excluding tert-OH is 1. The maximum absolute atomic E-state index is 12.9. The molecule has 1 aromatic rings. The average Bonchev–Trinajstić information content (AvgIpc) is 2.74. The van der Waals surface area contributed by atoms with Crippen LogP contribution in [0.4, 0.5) is 11.4 Å². The Balaban J connectivity index is 2.36. The standard InChI is InChI=1S/C27H41N3O3/c1-6-7-8-9-10-11-12-13-14-21-17-25-22(16-24(21)28-20(4)32)15-23(18-31)29-27(33)26(19(2)3)30(25)5/h16-17,19,23,26,31H,6-12,15,18H2,1-5H3,(H,28,32)(H,29,33)/t23-,26-/m0/s1. The van der Waals surface area contributed by atoms with Crippen molar-refractivity contribution in [1.82, 2.24) is 5.32 Å². The van der Waals surface area contributed by atoms with Crippen LogP contribution in [0.25, 0.3) is 0 Å². The highest BCUT2D eigenvalue weighted by molar-refractivity contribution is 5.92. The van der Waals surface area contributed by atoms with Gasteiger partial charge in [0.05, 0.1) is 23.9 Å². The molecule has 33 heavy (non-hydrogen) atoms. The highest BCUT2D eigenvalue weighted by Crippen LogP contribution is 2.32. The van der Waals surface area contributed by atoms with Gasteiger partial charge in [0.25, 0.3) is 0 Å². The molecule has 2 atom stereocenters. The number of nitrogens with zero attached hydrogens (tertiary/aromatic N) is 1. The Kier molecular flexibility index (Phi) is 10.7. The second-order valence-corrected chi connectivity index (χ2v) is 9.42. The molecule has 1 aliphatic rings. The van der Waals surface area contributed by atoms with Gasteiger partial charge in [-0.05, 0) is 36.5 Å². The van der Waals surface area contributed by atoms with E-state index < -0.39 is 0 Å². The Morgan fingerprint density at radius 2 is 1.94 bits per heavy atom. The molecule has 0 spiro atoms. The molecule has 1 aliphatic heterocycles. The number of carbonyl (C=O) groups excluding carboxylic acids is 2. The molecule has 182 valence electrons. The van der Waals surface area contributed by atoms with E-state index in [9.17, 15) is 14.7 Å². The number of hydrogen-bond donors (Lipinski definition) is 3. The number of benzene rings is 1. The molecule has 0 unspecified atom stereocenters. The van der Waals surface area contributed by atoms with Gasteiger partial charge < -0.3 is 20.6 Å². The van der Waals surface area contributed by atoms with Gasteiger partial charge in [0, 0.05) is 26.1 Å². The average molecular weight is 456 g/mol. The normalized spacial score (nSPS) is 18.0. The molecule has 2 rings (SSSR count). The predicted molar refractivity (Wildman–Crippen MR) is 135 cm³/mol. The first kappa shape index (κ1) is 26.7. The first-order valence-corrected chi connectivity index (χ1v) is 12.4. The number of aliphatic hydroxyl groups is 1. The van der Waals surface area contributed by atoms with E-state index in [0.29, 0.717) is 12.1 Å². The number of anilines is 2. The van der Waals surface area contributed by atoms with Crippen molar-refractivity contribution in [2.24, 2.45) is 5.92 Å². The summed E-state index contributed by atoms with van der Waals surface area (Å²) in [6, 6.07) is 3.19. The van der Waals surface area contributed by atoms with Gasteiger partial charge >= 0.3 is 0 Å². The fourth-order valence-electron chi connectivity index (χ4n) is 4.46. The van der Waals surface area contributed by atoms with E-state index in [1.165, 1.54) is 39.0 Å². The van der Waals surface area contributed by atoms with Crippen molar-refractivity contribution in [3.8, 4) is 11.8 Å². The second-order valence-electron chi connectivity index (χ2n) is 9.42. The molecular formula is C27H41N3O3. The summed E-state index contributed by atoms with van der Waals surface area (Å²) in [6.07, 6.45) is 8.64. The van der Waals surface area contributed by atoms with Gasteiger partial charge in [-0.15, -0.1) is 0 Å². The van der Waals surface area contributed by atoms with Crippen molar-refractivity contribution in [2.75, 3.05) is 23.9 Å². The van der Waals surface area contributed by atoms with Crippen molar-refractivity contribution in [2.45, 2.75) is 91.1 Å². The zero-order valence-electron chi connectivity index (χ0n) is 21.0. The second kappa shape index (κ2) is 13.3. The minimum atomic E-state index is -0.374. The zero-order chi connectivity index (χ0) is 24.4. The lowest BCUT2D eigenvalue weighted by atomic mass is 9.93. The Morgan fingerprint density at radius 1 is 1.24 bits per heavy atom. The summed E-state index contributed by atoms with van der Waals surface area (Å²) in [5.74, 6) is 6.39. The van der Waals surface area contributed by atoms with E-state index in [1.54, 1.807) is 0 Å². The summed E-state index contributed by atoms with van der Waals surface area (Å²) in [5.41, 5.74) is 3.31. The molecule has 2 amide bonds. The molecule has 0 fully saturated rings. The van der Waals surface area contributed by atoms with Gasteiger partial charge in [-0.25, -0.2) is 0 Å². The van der Waals surface area contributed by atoms with Gasteiger partial charge in [-0.2, -0.15) is 0 Å². The molecule has 3 N–H and O–H groups in total. The van der Waals surface area contributed by atoms with Crippen LogP contribution in [0.5, 0.6) is 0 Å². The quantitative estimate of drug-likeness (QED) is 0.384. The Morgan fingerprint density at radius 3 is 2.58 bits per heavy atom.